The fourth-order valence-electron chi connectivity index (χ4n) is 3.81. The molecule has 2 heterocycles. The first-order chi connectivity index (χ1) is 14.1. The molecule has 1 aromatic rings. The van der Waals surface area contributed by atoms with Crippen LogP contribution in [0.3, 0.4) is 0 Å². The minimum Gasteiger partial charge on any atom is -0.383 e. The van der Waals surface area contributed by atoms with Crippen LogP contribution < -0.4 is 5.32 Å². The summed E-state index contributed by atoms with van der Waals surface area (Å²) in [6.07, 6.45) is -0.356. The Kier molecular flexibility index (Phi) is 6.60. The molecule has 1 amide bonds. The van der Waals surface area contributed by atoms with Crippen molar-refractivity contribution in [2.24, 2.45) is 0 Å². The number of carbonyl (C=O) groups is 1. The van der Waals surface area contributed by atoms with E-state index >= 15 is 0 Å². The van der Waals surface area contributed by atoms with E-state index in [1.54, 1.807) is 7.05 Å². The fraction of sp³-hybridized carbons (Fsp3) is 0.611. The number of anilines is 1. The van der Waals surface area contributed by atoms with E-state index in [2.05, 4.69) is 5.32 Å². The number of nitrogens with one attached hydrogen (secondary N) is 1. The average molecular weight is 442 g/mol. The Hall–Kier alpha value is -2.28. The SMILES string of the molecule is CNc1ccc(C(=O)N2CCN(S(=O)(=O)N3C[C@@H](C)O[C@@H](C)C3)CC2)cc1[N+](=O)[O-]. The summed E-state index contributed by atoms with van der Waals surface area (Å²) in [6, 6.07) is 4.27. The van der Waals surface area contributed by atoms with Crippen molar-refractivity contribution in [1.82, 2.24) is 13.5 Å². The largest absolute Gasteiger partial charge is 0.383 e. The van der Waals surface area contributed by atoms with Crippen LogP contribution in [0.5, 0.6) is 0 Å². The number of amides is 1. The minimum absolute atomic E-state index is 0.172. The van der Waals surface area contributed by atoms with E-state index in [0.717, 1.165) is 0 Å². The van der Waals surface area contributed by atoms with Gasteiger partial charge in [-0.1, -0.05) is 0 Å². The summed E-state index contributed by atoms with van der Waals surface area (Å²) in [7, 11) is -2.07. The van der Waals surface area contributed by atoms with E-state index in [4.69, 9.17) is 4.74 Å². The molecule has 2 aliphatic rings. The molecule has 0 spiro atoms. The molecule has 1 aromatic carbocycles. The summed E-state index contributed by atoms with van der Waals surface area (Å²) in [4.78, 5) is 25.0. The van der Waals surface area contributed by atoms with Gasteiger partial charge in [0.1, 0.15) is 5.69 Å². The second kappa shape index (κ2) is 8.84. The van der Waals surface area contributed by atoms with Crippen LogP contribution in [0.2, 0.25) is 0 Å². The zero-order valence-electron chi connectivity index (χ0n) is 17.3. The first-order valence-corrected chi connectivity index (χ1v) is 11.2. The standard InChI is InChI=1S/C18H27N5O6S/c1-13-11-22(12-14(2)29-13)30(27,28)21-8-6-20(7-9-21)18(24)15-4-5-16(19-3)17(10-15)23(25)26/h4-5,10,13-14,19H,6-9,11-12H2,1-3H3/t13-,14+. The van der Waals surface area contributed by atoms with Crippen molar-refractivity contribution >= 4 is 27.5 Å². The minimum atomic E-state index is -3.64. The number of rotatable bonds is 5. The van der Waals surface area contributed by atoms with Gasteiger partial charge in [-0.25, -0.2) is 0 Å². The number of piperazine rings is 1. The molecule has 2 atom stereocenters. The van der Waals surface area contributed by atoms with E-state index in [-0.39, 0.29) is 55.5 Å². The van der Waals surface area contributed by atoms with Gasteiger partial charge in [-0.05, 0) is 26.0 Å². The van der Waals surface area contributed by atoms with Crippen LogP contribution in [-0.2, 0) is 14.9 Å². The summed E-state index contributed by atoms with van der Waals surface area (Å²) in [5.41, 5.74) is 0.342. The smallest absolute Gasteiger partial charge is 0.293 e. The summed E-state index contributed by atoms with van der Waals surface area (Å²) in [5.74, 6) is -0.355. The van der Waals surface area contributed by atoms with E-state index in [1.165, 1.54) is 31.7 Å². The van der Waals surface area contributed by atoms with E-state index in [1.807, 2.05) is 13.8 Å². The number of hydrogen-bond acceptors (Lipinski definition) is 7. The first kappa shape index (κ1) is 22.4. The lowest BCUT2D eigenvalue weighted by Gasteiger charge is -2.40. The fourth-order valence-corrected chi connectivity index (χ4v) is 5.56. The Bertz CT molecular complexity index is 906. The first-order valence-electron chi connectivity index (χ1n) is 9.79. The normalized spacial score (nSPS) is 23.9. The second-order valence-corrected chi connectivity index (χ2v) is 9.44. The van der Waals surface area contributed by atoms with Crippen molar-refractivity contribution in [2.45, 2.75) is 26.1 Å². The van der Waals surface area contributed by atoms with Crippen molar-refractivity contribution in [3.05, 3.63) is 33.9 Å². The van der Waals surface area contributed by atoms with Crippen molar-refractivity contribution in [1.29, 1.82) is 0 Å². The predicted molar refractivity (Wildman–Crippen MR) is 111 cm³/mol. The van der Waals surface area contributed by atoms with Crippen LogP contribution in [0.1, 0.15) is 24.2 Å². The lowest BCUT2D eigenvalue weighted by atomic mass is 10.1. The van der Waals surface area contributed by atoms with Gasteiger partial charge >= 0.3 is 0 Å². The molecule has 2 saturated heterocycles. The van der Waals surface area contributed by atoms with Gasteiger partial charge in [0.15, 0.2) is 0 Å². The molecule has 30 heavy (non-hydrogen) atoms. The Labute approximate surface area is 175 Å². The van der Waals surface area contributed by atoms with Crippen LogP contribution in [0.15, 0.2) is 18.2 Å². The monoisotopic (exact) mass is 441 g/mol. The molecule has 2 fully saturated rings. The number of benzene rings is 1. The predicted octanol–water partition coefficient (Wildman–Crippen LogP) is 0.748. The molecule has 0 radical (unpaired) electrons. The third-order valence-corrected chi connectivity index (χ3v) is 7.24. The van der Waals surface area contributed by atoms with Crippen LogP contribution in [0.25, 0.3) is 0 Å². The Morgan fingerprint density at radius 1 is 1.13 bits per heavy atom. The molecule has 12 heteroatoms. The number of nitro groups is 1. The summed E-state index contributed by atoms with van der Waals surface area (Å²) < 4.78 is 34.4. The summed E-state index contributed by atoms with van der Waals surface area (Å²) in [5, 5.41) is 14.0. The number of ether oxygens (including phenoxy) is 1. The highest BCUT2D eigenvalue weighted by molar-refractivity contribution is 7.86. The highest BCUT2D eigenvalue weighted by Gasteiger charge is 2.37. The Balaban J connectivity index is 1.67. The average Bonchev–Trinajstić information content (AvgIpc) is 2.72. The van der Waals surface area contributed by atoms with E-state index in [0.29, 0.717) is 18.8 Å². The van der Waals surface area contributed by atoms with Gasteiger partial charge in [0.2, 0.25) is 0 Å². The molecule has 166 valence electrons. The maximum absolute atomic E-state index is 13.0. The molecule has 3 rings (SSSR count). The number of morpholine rings is 1. The molecular weight excluding hydrogens is 414 g/mol. The molecule has 0 aromatic heterocycles. The van der Waals surface area contributed by atoms with Crippen molar-refractivity contribution < 1.29 is 22.9 Å². The van der Waals surface area contributed by atoms with Gasteiger partial charge in [0, 0.05) is 57.9 Å². The van der Waals surface area contributed by atoms with Gasteiger partial charge in [0.25, 0.3) is 21.8 Å². The van der Waals surface area contributed by atoms with Gasteiger partial charge in [-0.2, -0.15) is 17.0 Å². The molecule has 2 aliphatic heterocycles. The van der Waals surface area contributed by atoms with Gasteiger partial charge in [-0.3, -0.25) is 14.9 Å². The number of carbonyl (C=O) groups excluding carboxylic acids is 1. The molecule has 1 N–H and O–H groups in total. The van der Waals surface area contributed by atoms with Crippen LogP contribution >= 0.6 is 0 Å². The highest BCUT2D eigenvalue weighted by atomic mass is 32.2. The van der Waals surface area contributed by atoms with Crippen molar-refractivity contribution in [3.63, 3.8) is 0 Å². The third kappa shape index (κ3) is 4.56. The van der Waals surface area contributed by atoms with Crippen molar-refractivity contribution in [3.8, 4) is 0 Å². The Morgan fingerprint density at radius 3 is 2.27 bits per heavy atom. The summed E-state index contributed by atoms with van der Waals surface area (Å²) in [6.45, 7) is 5.06. The van der Waals surface area contributed by atoms with Gasteiger partial charge in [0.05, 0.1) is 17.1 Å². The third-order valence-electron chi connectivity index (χ3n) is 5.28. The highest BCUT2D eigenvalue weighted by Crippen LogP contribution is 2.26. The topological polar surface area (TPSA) is 125 Å². The molecule has 0 aliphatic carbocycles. The van der Waals surface area contributed by atoms with Gasteiger partial charge in [-0.15, -0.1) is 0 Å². The zero-order chi connectivity index (χ0) is 22.1. The lowest BCUT2D eigenvalue weighted by molar-refractivity contribution is -0.384. The quantitative estimate of drug-likeness (QED) is 0.528. The maximum Gasteiger partial charge on any atom is 0.293 e. The maximum atomic E-state index is 13.0. The molecule has 11 nitrogen and oxygen atoms in total. The summed E-state index contributed by atoms with van der Waals surface area (Å²) >= 11 is 0. The number of nitro benzene ring substituents is 1. The van der Waals surface area contributed by atoms with Crippen LogP contribution in [0.4, 0.5) is 11.4 Å². The van der Waals surface area contributed by atoms with Crippen LogP contribution in [-0.4, -0.2) is 91.3 Å². The number of nitrogens with zero attached hydrogens (tertiary/aromatic N) is 4. The zero-order valence-corrected chi connectivity index (χ0v) is 18.1. The van der Waals surface area contributed by atoms with Crippen molar-refractivity contribution in [2.75, 3.05) is 51.6 Å². The molecule has 0 bridgehead atoms. The molecular formula is C18H27N5O6S. The van der Waals surface area contributed by atoms with E-state index in [9.17, 15) is 23.3 Å². The second-order valence-electron chi connectivity index (χ2n) is 7.51. The number of hydrogen-bond donors (Lipinski definition) is 1. The molecule has 0 saturated carbocycles. The van der Waals surface area contributed by atoms with Crippen LogP contribution in [0, 0.1) is 10.1 Å². The van der Waals surface area contributed by atoms with E-state index < -0.39 is 15.1 Å². The molecule has 0 unspecified atom stereocenters. The lowest BCUT2D eigenvalue weighted by Crippen LogP contribution is -2.57. The van der Waals surface area contributed by atoms with Gasteiger partial charge < -0.3 is 15.0 Å². The Morgan fingerprint density at radius 2 is 1.73 bits per heavy atom.